The maximum atomic E-state index is 13.5. The van der Waals surface area contributed by atoms with Gasteiger partial charge in [-0.3, -0.25) is 9.59 Å². The van der Waals surface area contributed by atoms with E-state index in [0.717, 1.165) is 23.3 Å². The highest BCUT2D eigenvalue weighted by Crippen LogP contribution is 2.18. The molecule has 0 aliphatic carbocycles. The summed E-state index contributed by atoms with van der Waals surface area (Å²) in [6, 6.07) is 11.1. The van der Waals surface area contributed by atoms with Crippen molar-refractivity contribution >= 4 is 17.5 Å². The lowest BCUT2D eigenvalue weighted by Gasteiger charge is -2.21. The molecule has 0 bridgehead atoms. The fourth-order valence-electron chi connectivity index (χ4n) is 2.43. The molecule has 4 nitrogen and oxygen atoms in total. The molecule has 0 saturated carbocycles. The lowest BCUT2D eigenvalue weighted by molar-refractivity contribution is -0.129. The van der Waals surface area contributed by atoms with E-state index < -0.39 is 23.2 Å². The molecule has 2 amide bonds. The van der Waals surface area contributed by atoms with Gasteiger partial charge in [0.05, 0.1) is 0 Å². The Morgan fingerprint density at radius 3 is 2.32 bits per heavy atom. The molecule has 132 valence electrons. The molecule has 0 radical (unpaired) electrons. The number of carbonyl (C=O) groups excluding carboxylic acids is 2. The van der Waals surface area contributed by atoms with E-state index in [0.29, 0.717) is 6.54 Å². The van der Waals surface area contributed by atoms with Crippen LogP contribution in [0.3, 0.4) is 0 Å². The van der Waals surface area contributed by atoms with Crippen molar-refractivity contribution in [2.24, 2.45) is 0 Å². The molecule has 0 spiro atoms. The van der Waals surface area contributed by atoms with E-state index in [1.807, 2.05) is 31.2 Å². The molecule has 0 fully saturated rings. The maximum absolute atomic E-state index is 13.5. The zero-order valence-corrected chi connectivity index (χ0v) is 14.2. The first-order chi connectivity index (χ1) is 11.9. The van der Waals surface area contributed by atoms with E-state index >= 15 is 0 Å². The molecule has 2 rings (SSSR count). The first-order valence-electron chi connectivity index (χ1n) is 7.91. The second-order valence-corrected chi connectivity index (χ2v) is 5.82. The summed E-state index contributed by atoms with van der Waals surface area (Å²) in [4.78, 5) is 25.3. The van der Waals surface area contributed by atoms with Crippen molar-refractivity contribution in [2.45, 2.75) is 26.8 Å². The Kier molecular flexibility index (Phi) is 6.22. The number of para-hydroxylation sites is 1. The van der Waals surface area contributed by atoms with Crippen LogP contribution in [0.5, 0.6) is 0 Å². The molecule has 0 aliphatic rings. The summed E-state index contributed by atoms with van der Waals surface area (Å²) in [6.45, 7) is 3.91. The van der Waals surface area contributed by atoms with Gasteiger partial charge in [-0.05, 0) is 24.6 Å². The van der Waals surface area contributed by atoms with Crippen molar-refractivity contribution in [3.63, 3.8) is 0 Å². The summed E-state index contributed by atoms with van der Waals surface area (Å²) < 4.78 is 27.1. The Balaban J connectivity index is 1.96. The molecule has 0 aromatic heterocycles. The number of halogens is 2. The van der Waals surface area contributed by atoms with Gasteiger partial charge in [0, 0.05) is 26.4 Å². The van der Waals surface area contributed by atoms with Crippen LogP contribution in [0, 0.1) is 18.6 Å². The summed E-state index contributed by atoms with van der Waals surface area (Å²) in [5.74, 6) is -2.40. The summed E-state index contributed by atoms with van der Waals surface area (Å²) in [7, 11) is 0. The number of nitrogens with one attached hydrogen (secondary N) is 1. The van der Waals surface area contributed by atoms with Gasteiger partial charge in [0.2, 0.25) is 11.8 Å². The van der Waals surface area contributed by atoms with Gasteiger partial charge in [-0.1, -0.05) is 35.9 Å². The van der Waals surface area contributed by atoms with Gasteiger partial charge < -0.3 is 10.2 Å². The van der Waals surface area contributed by atoms with Crippen molar-refractivity contribution in [1.82, 2.24) is 4.90 Å². The van der Waals surface area contributed by atoms with Gasteiger partial charge in [-0.2, -0.15) is 0 Å². The van der Waals surface area contributed by atoms with Crippen LogP contribution < -0.4 is 5.32 Å². The maximum Gasteiger partial charge on any atom is 0.226 e. The number of rotatable bonds is 6. The van der Waals surface area contributed by atoms with E-state index in [1.165, 1.54) is 17.9 Å². The monoisotopic (exact) mass is 346 g/mol. The molecule has 0 saturated heterocycles. The van der Waals surface area contributed by atoms with Crippen molar-refractivity contribution in [3.8, 4) is 0 Å². The fourth-order valence-corrected chi connectivity index (χ4v) is 2.43. The van der Waals surface area contributed by atoms with E-state index in [9.17, 15) is 18.4 Å². The molecular weight excluding hydrogens is 326 g/mol. The number of hydrogen-bond donors (Lipinski definition) is 1. The van der Waals surface area contributed by atoms with E-state index in [4.69, 9.17) is 0 Å². The number of nitrogens with zero attached hydrogens (tertiary/aromatic N) is 1. The standard InChI is InChI=1S/C19H20F2N2O2/c1-13-5-3-6-15(11-13)12-23(14(2)24)10-9-18(25)22-19-16(20)7-4-8-17(19)21/h3-8,11H,9-10,12H2,1-2H3,(H,22,25). The van der Waals surface area contributed by atoms with Gasteiger partial charge in [0.25, 0.3) is 0 Å². The minimum absolute atomic E-state index is 0.0564. The van der Waals surface area contributed by atoms with E-state index in [2.05, 4.69) is 5.32 Å². The zero-order chi connectivity index (χ0) is 18.4. The summed E-state index contributed by atoms with van der Waals surface area (Å²) in [5.41, 5.74) is 1.56. The Bertz CT molecular complexity index is 758. The van der Waals surface area contributed by atoms with Crippen LogP contribution in [0.15, 0.2) is 42.5 Å². The summed E-state index contributed by atoms with van der Waals surface area (Å²) >= 11 is 0. The second-order valence-electron chi connectivity index (χ2n) is 5.82. The van der Waals surface area contributed by atoms with Crippen LogP contribution in [-0.2, 0) is 16.1 Å². The van der Waals surface area contributed by atoms with Crippen LogP contribution in [0.2, 0.25) is 0 Å². The van der Waals surface area contributed by atoms with E-state index in [-0.39, 0.29) is 18.9 Å². The van der Waals surface area contributed by atoms with Crippen LogP contribution >= 0.6 is 0 Å². The number of benzene rings is 2. The SMILES string of the molecule is CC(=O)N(CCC(=O)Nc1c(F)cccc1F)Cc1cccc(C)c1. The summed E-state index contributed by atoms with van der Waals surface area (Å²) in [5, 5.41) is 2.22. The summed E-state index contributed by atoms with van der Waals surface area (Å²) in [6.07, 6.45) is -0.0564. The Morgan fingerprint density at radius 2 is 1.72 bits per heavy atom. The Hall–Kier alpha value is -2.76. The highest BCUT2D eigenvalue weighted by Gasteiger charge is 2.15. The molecule has 2 aromatic rings. The number of carbonyl (C=O) groups is 2. The lowest BCUT2D eigenvalue weighted by atomic mass is 10.1. The van der Waals surface area contributed by atoms with Gasteiger partial charge >= 0.3 is 0 Å². The number of hydrogen-bond acceptors (Lipinski definition) is 2. The number of amides is 2. The smallest absolute Gasteiger partial charge is 0.226 e. The molecule has 0 atom stereocenters. The highest BCUT2D eigenvalue weighted by molar-refractivity contribution is 5.91. The van der Waals surface area contributed by atoms with Crippen LogP contribution in [0.25, 0.3) is 0 Å². The highest BCUT2D eigenvalue weighted by atomic mass is 19.1. The molecule has 1 N–H and O–H groups in total. The molecule has 0 aliphatic heterocycles. The predicted octanol–water partition coefficient (Wildman–Crippen LogP) is 3.65. The molecule has 6 heteroatoms. The molecule has 25 heavy (non-hydrogen) atoms. The van der Waals surface area contributed by atoms with Crippen LogP contribution in [0.1, 0.15) is 24.5 Å². The van der Waals surface area contributed by atoms with Gasteiger partial charge in [0.15, 0.2) is 0 Å². The molecular formula is C19H20F2N2O2. The quantitative estimate of drug-likeness (QED) is 0.868. The van der Waals surface area contributed by atoms with Crippen molar-refractivity contribution in [3.05, 3.63) is 65.2 Å². The average Bonchev–Trinajstić information content (AvgIpc) is 2.55. The van der Waals surface area contributed by atoms with Gasteiger partial charge in [-0.25, -0.2) is 8.78 Å². The Morgan fingerprint density at radius 1 is 1.08 bits per heavy atom. The third-order valence-corrected chi connectivity index (χ3v) is 3.74. The first kappa shape index (κ1) is 18.6. The number of anilines is 1. The average molecular weight is 346 g/mol. The first-order valence-corrected chi connectivity index (χ1v) is 7.91. The topological polar surface area (TPSA) is 49.4 Å². The third kappa shape index (κ3) is 5.38. The minimum atomic E-state index is -0.837. The lowest BCUT2D eigenvalue weighted by Crippen LogP contribution is -2.31. The van der Waals surface area contributed by atoms with Gasteiger partial charge in [-0.15, -0.1) is 0 Å². The second kappa shape index (κ2) is 8.37. The zero-order valence-electron chi connectivity index (χ0n) is 14.2. The normalized spacial score (nSPS) is 10.4. The third-order valence-electron chi connectivity index (χ3n) is 3.74. The van der Waals surface area contributed by atoms with E-state index in [1.54, 1.807) is 0 Å². The van der Waals surface area contributed by atoms with Crippen LogP contribution in [-0.4, -0.2) is 23.3 Å². The molecule has 2 aromatic carbocycles. The largest absolute Gasteiger partial charge is 0.338 e. The number of aryl methyl sites for hydroxylation is 1. The van der Waals surface area contributed by atoms with Crippen molar-refractivity contribution in [2.75, 3.05) is 11.9 Å². The fraction of sp³-hybridized carbons (Fsp3) is 0.263. The predicted molar refractivity (Wildman–Crippen MR) is 91.9 cm³/mol. The van der Waals surface area contributed by atoms with Gasteiger partial charge in [0.1, 0.15) is 17.3 Å². The van der Waals surface area contributed by atoms with Crippen molar-refractivity contribution in [1.29, 1.82) is 0 Å². The van der Waals surface area contributed by atoms with Crippen molar-refractivity contribution < 1.29 is 18.4 Å². The minimum Gasteiger partial charge on any atom is -0.338 e. The van der Waals surface area contributed by atoms with Crippen LogP contribution in [0.4, 0.5) is 14.5 Å². The molecule has 0 unspecified atom stereocenters. The molecule has 0 heterocycles. The Labute approximate surface area is 145 Å².